The van der Waals surface area contributed by atoms with E-state index >= 15 is 0 Å². The number of aliphatic hydroxyl groups is 3. The van der Waals surface area contributed by atoms with Crippen LogP contribution in [0.1, 0.15) is 168 Å². The van der Waals surface area contributed by atoms with Crippen LogP contribution in [0.25, 0.3) is 0 Å². The Morgan fingerprint density at radius 1 is 0.500 bits per heavy atom. The molecule has 6 heteroatoms. The Morgan fingerprint density at radius 3 is 1.19 bits per heavy atom. The summed E-state index contributed by atoms with van der Waals surface area (Å²) in [6.45, 7) is 3.24. The van der Waals surface area contributed by atoms with Crippen molar-refractivity contribution in [3.05, 3.63) is 48.6 Å². The van der Waals surface area contributed by atoms with Crippen molar-refractivity contribution in [3.63, 3.8) is 0 Å². The molecule has 0 aromatic carbocycles. The smallest absolute Gasteiger partial charge is 0.183 e. The lowest BCUT2D eigenvalue weighted by Crippen LogP contribution is -2.69. The Morgan fingerprint density at radius 2 is 0.833 bits per heavy atom. The second kappa shape index (κ2) is 31.1. The summed E-state index contributed by atoms with van der Waals surface area (Å²) in [5.41, 5.74) is -4.87. The molecule has 0 spiro atoms. The first-order valence-corrected chi connectivity index (χ1v) is 19.6. The molecule has 0 saturated heterocycles. The van der Waals surface area contributed by atoms with Crippen molar-refractivity contribution in [2.24, 2.45) is 0 Å². The van der Waals surface area contributed by atoms with E-state index in [2.05, 4.69) is 62.5 Å². The monoisotopic (exact) mass is 674 g/mol. The third-order valence-electron chi connectivity index (χ3n) is 9.09. The molecule has 0 bridgehead atoms. The highest BCUT2D eigenvalue weighted by atomic mass is 16.4. The van der Waals surface area contributed by atoms with E-state index in [1.807, 2.05) is 0 Å². The molecule has 0 aliphatic heterocycles. The number of carbonyl (C=O) groups excluding carboxylic acids is 2. The number of allylic oxidation sites excluding steroid dienone is 8. The fourth-order valence-corrected chi connectivity index (χ4v) is 5.96. The third-order valence-corrected chi connectivity index (χ3v) is 9.09. The van der Waals surface area contributed by atoms with Gasteiger partial charge < -0.3 is 20.2 Å². The van der Waals surface area contributed by atoms with Crippen LogP contribution >= 0.6 is 0 Å². The van der Waals surface area contributed by atoms with Gasteiger partial charge in [0.1, 0.15) is 0 Å². The maximum atomic E-state index is 13.3. The van der Waals surface area contributed by atoms with Crippen molar-refractivity contribution in [3.8, 4) is 0 Å². The van der Waals surface area contributed by atoms with Gasteiger partial charge in [-0.25, -0.2) is 0 Å². The second-order valence-corrected chi connectivity index (χ2v) is 13.9. The van der Waals surface area contributed by atoms with Gasteiger partial charge in [-0.1, -0.05) is 127 Å². The Hall–Kier alpha value is -1.86. The number of aliphatic hydroxyl groups excluding tert-OH is 1. The molecule has 3 N–H and O–H groups in total. The van der Waals surface area contributed by atoms with Crippen molar-refractivity contribution in [2.45, 2.75) is 179 Å². The van der Waals surface area contributed by atoms with Crippen molar-refractivity contribution in [1.82, 2.24) is 4.90 Å². The Bertz CT molecular complexity index is 908. The molecule has 0 rings (SSSR count). The van der Waals surface area contributed by atoms with Crippen LogP contribution in [0.5, 0.6) is 0 Å². The molecule has 0 fully saturated rings. The number of ketones is 2. The van der Waals surface area contributed by atoms with Gasteiger partial charge >= 0.3 is 0 Å². The van der Waals surface area contributed by atoms with E-state index in [1.165, 1.54) is 51.4 Å². The molecular formula is C42H75NO5. The fourth-order valence-electron chi connectivity index (χ4n) is 5.96. The summed E-state index contributed by atoms with van der Waals surface area (Å²) in [6.07, 6.45) is 41.2. The largest absolute Gasteiger partial charge is 0.393 e. The van der Waals surface area contributed by atoms with E-state index in [0.717, 1.165) is 77.0 Å². The molecule has 0 aliphatic rings. The highest BCUT2D eigenvalue weighted by Gasteiger charge is 2.58. The minimum atomic E-state index is -2.51. The molecule has 48 heavy (non-hydrogen) atoms. The van der Waals surface area contributed by atoms with Crippen LogP contribution in [0, 0.1) is 0 Å². The van der Waals surface area contributed by atoms with Gasteiger partial charge in [-0.05, 0) is 91.1 Å². The van der Waals surface area contributed by atoms with Gasteiger partial charge in [0.2, 0.25) is 0 Å². The first kappa shape index (κ1) is 46.1. The standard InChI is InChI=1S/C42H75NO5/c1-5-7-9-11-13-15-17-19-21-23-25-27-29-31-33-35-39(45)41(47,37-43(3)4)42(48,38-44)40(46)36-34-32-30-28-26-24-22-20-18-16-14-12-10-8-6-2/h13-16,19-22,44,47-48H,5-12,17-18,23-38H2,1-4H3/b15-13-,16-14-,21-19-,22-20-. The van der Waals surface area contributed by atoms with E-state index in [0.29, 0.717) is 12.8 Å². The average molecular weight is 674 g/mol. The van der Waals surface area contributed by atoms with Gasteiger partial charge in [0.05, 0.1) is 6.61 Å². The molecule has 0 amide bonds. The van der Waals surface area contributed by atoms with Crippen LogP contribution in [0.4, 0.5) is 0 Å². The molecule has 0 heterocycles. The zero-order valence-electron chi connectivity index (χ0n) is 31.6. The van der Waals surface area contributed by atoms with Gasteiger partial charge in [-0.2, -0.15) is 0 Å². The van der Waals surface area contributed by atoms with Gasteiger partial charge in [0, 0.05) is 19.4 Å². The first-order valence-electron chi connectivity index (χ1n) is 19.6. The molecule has 0 saturated carbocycles. The zero-order valence-corrected chi connectivity index (χ0v) is 31.6. The molecule has 0 radical (unpaired) electrons. The summed E-state index contributed by atoms with van der Waals surface area (Å²) in [5.74, 6) is -1.24. The lowest BCUT2D eigenvalue weighted by atomic mass is 9.74. The van der Waals surface area contributed by atoms with Crippen molar-refractivity contribution >= 4 is 11.6 Å². The topological polar surface area (TPSA) is 98.1 Å². The molecule has 2 atom stereocenters. The van der Waals surface area contributed by atoms with E-state index in [9.17, 15) is 24.9 Å². The van der Waals surface area contributed by atoms with Crippen molar-refractivity contribution in [2.75, 3.05) is 27.2 Å². The Labute approximate surface area is 295 Å². The van der Waals surface area contributed by atoms with E-state index < -0.39 is 29.4 Å². The lowest BCUT2D eigenvalue weighted by Gasteiger charge is -2.41. The number of likely N-dealkylation sites (N-methyl/N-ethyl adjacent to an activating group) is 1. The van der Waals surface area contributed by atoms with Gasteiger partial charge in [0.15, 0.2) is 22.8 Å². The molecule has 278 valence electrons. The summed E-state index contributed by atoms with van der Waals surface area (Å²) < 4.78 is 0. The normalized spacial score (nSPS) is 15.0. The van der Waals surface area contributed by atoms with Crippen LogP contribution in [-0.4, -0.2) is 70.2 Å². The van der Waals surface area contributed by atoms with E-state index in [4.69, 9.17) is 0 Å². The van der Waals surface area contributed by atoms with Crippen molar-refractivity contribution < 1.29 is 24.9 Å². The SMILES string of the molecule is CCCCC/C=C\C/C=C\CCCCCCCC(=O)C(O)(CO)C(O)(CN(C)C)C(=O)CCCCCCC/C=C\C/C=C\CCCCC. The van der Waals surface area contributed by atoms with Crippen LogP contribution in [0.15, 0.2) is 48.6 Å². The molecule has 0 aliphatic carbocycles. The highest BCUT2D eigenvalue weighted by molar-refractivity contribution is 5.99. The number of rotatable bonds is 34. The quantitative estimate of drug-likeness (QED) is 0.0465. The first-order chi connectivity index (χ1) is 23.2. The number of carbonyl (C=O) groups is 2. The maximum Gasteiger partial charge on any atom is 0.183 e. The second-order valence-electron chi connectivity index (χ2n) is 13.9. The number of unbranched alkanes of at least 4 members (excludes halogenated alkanes) is 16. The van der Waals surface area contributed by atoms with Crippen LogP contribution in [-0.2, 0) is 9.59 Å². The molecule has 0 aromatic rings. The molecule has 2 unspecified atom stereocenters. The number of Topliss-reactive ketones (excluding diaryl/α,β-unsaturated/α-hetero) is 2. The maximum absolute atomic E-state index is 13.3. The Kier molecular flexibility index (Phi) is 29.9. The molecular weight excluding hydrogens is 598 g/mol. The summed E-state index contributed by atoms with van der Waals surface area (Å²) in [7, 11) is 3.36. The minimum Gasteiger partial charge on any atom is -0.393 e. The summed E-state index contributed by atoms with van der Waals surface area (Å²) in [4.78, 5) is 28.1. The molecule has 0 aromatic heterocycles. The van der Waals surface area contributed by atoms with E-state index in [-0.39, 0.29) is 19.4 Å². The van der Waals surface area contributed by atoms with Gasteiger partial charge in [-0.3, -0.25) is 9.59 Å². The van der Waals surface area contributed by atoms with Crippen LogP contribution < -0.4 is 0 Å². The number of nitrogens with zero attached hydrogens (tertiary/aromatic N) is 1. The van der Waals surface area contributed by atoms with Gasteiger partial charge in [-0.15, -0.1) is 0 Å². The third kappa shape index (κ3) is 22.0. The highest BCUT2D eigenvalue weighted by Crippen LogP contribution is 2.30. The Balaban J connectivity index is 4.48. The van der Waals surface area contributed by atoms with Crippen molar-refractivity contribution in [1.29, 1.82) is 0 Å². The zero-order chi connectivity index (χ0) is 35.8. The fraction of sp³-hybridized carbons (Fsp3) is 0.762. The summed E-state index contributed by atoms with van der Waals surface area (Å²) in [6, 6.07) is 0. The summed E-state index contributed by atoms with van der Waals surface area (Å²) >= 11 is 0. The van der Waals surface area contributed by atoms with Crippen LogP contribution in [0.3, 0.4) is 0 Å². The average Bonchev–Trinajstić information content (AvgIpc) is 3.07. The van der Waals surface area contributed by atoms with Crippen LogP contribution in [0.2, 0.25) is 0 Å². The predicted octanol–water partition coefficient (Wildman–Crippen LogP) is 9.77. The molecule has 6 nitrogen and oxygen atoms in total. The number of hydrogen-bond acceptors (Lipinski definition) is 6. The summed E-state index contributed by atoms with van der Waals surface area (Å²) in [5, 5.41) is 33.0. The number of hydrogen-bond donors (Lipinski definition) is 3. The lowest BCUT2D eigenvalue weighted by molar-refractivity contribution is -0.193. The van der Waals surface area contributed by atoms with Gasteiger partial charge in [0.25, 0.3) is 0 Å². The van der Waals surface area contributed by atoms with E-state index in [1.54, 1.807) is 19.0 Å². The predicted molar refractivity (Wildman–Crippen MR) is 204 cm³/mol. The minimum absolute atomic E-state index is 0.0221.